The fourth-order valence-electron chi connectivity index (χ4n) is 1.99. The van der Waals surface area contributed by atoms with E-state index in [0.29, 0.717) is 5.56 Å². The van der Waals surface area contributed by atoms with Crippen molar-refractivity contribution < 1.29 is 28.2 Å². The maximum atomic E-state index is 13.0. The Morgan fingerprint density at radius 1 is 1.29 bits per heavy atom. The highest BCUT2D eigenvalue weighted by Crippen LogP contribution is 2.13. The molecule has 1 aromatic rings. The van der Waals surface area contributed by atoms with E-state index in [9.17, 15) is 18.4 Å². The van der Waals surface area contributed by atoms with E-state index in [1.54, 1.807) is 0 Å². The van der Waals surface area contributed by atoms with Crippen LogP contribution in [0, 0.1) is 17.6 Å². The lowest BCUT2D eigenvalue weighted by atomic mass is 10.0. The number of rotatable bonds is 4. The predicted octanol–water partition coefficient (Wildman–Crippen LogP) is 0.864. The number of benzene rings is 1. The Bertz CT molecular complexity index is 553. The molecule has 1 aliphatic heterocycles. The fraction of sp³-hybridized carbons (Fsp3) is 0.385. The summed E-state index contributed by atoms with van der Waals surface area (Å²) < 4.78 is 30.7. The normalized spacial score (nSPS) is 21.0. The molecule has 0 saturated carbocycles. The second-order valence-electron chi connectivity index (χ2n) is 4.66. The van der Waals surface area contributed by atoms with Crippen molar-refractivity contribution in [2.75, 3.05) is 13.2 Å². The van der Waals surface area contributed by atoms with Crippen molar-refractivity contribution in [3.63, 3.8) is 0 Å². The maximum absolute atomic E-state index is 13.0. The number of carbonyl (C=O) groups excluding carboxylic acids is 1. The first-order chi connectivity index (χ1) is 9.97. The van der Waals surface area contributed by atoms with Crippen LogP contribution < -0.4 is 10.6 Å². The first kappa shape index (κ1) is 15.2. The lowest BCUT2D eigenvalue weighted by Crippen LogP contribution is -2.47. The second-order valence-corrected chi connectivity index (χ2v) is 4.66. The number of urea groups is 1. The van der Waals surface area contributed by atoms with Crippen molar-refractivity contribution in [2.24, 2.45) is 5.92 Å². The standard InChI is InChI=1S/C13H14F2N2O4/c14-9-2-1-7(3-10(9)15)4-16-13(20)17-11-6-21-5-8(11)12(18)19/h1-3,8,11H,4-6H2,(H,18,19)(H2,16,17,20). The first-order valence-electron chi connectivity index (χ1n) is 6.26. The summed E-state index contributed by atoms with van der Waals surface area (Å²) in [5, 5.41) is 13.9. The van der Waals surface area contributed by atoms with Crippen LogP contribution >= 0.6 is 0 Å². The van der Waals surface area contributed by atoms with Gasteiger partial charge in [0.1, 0.15) is 5.92 Å². The Morgan fingerprint density at radius 3 is 2.71 bits per heavy atom. The molecule has 2 unspecified atom stereocenters. The predicted molar refractivity (Wildman–Crippen MR) is 67.5 cm³/mol. The Morgan fingerprint density at radius 2 is 2.05 bits per heavy atom. The molecule has 1 fully saturated rings. The summed E-state index contributed by atoms with van der Waals surface area (Å²) in [6.45, 7) is 0.160. The van der Waals surface area contributed by atoms with Crippen LogP contribution in [-0.2, 0) is 16.1 Å². The fourth-order valence-corrected chi connectivity index (χ4v) is 1.99. The molecule has 3 N–H and O–H groups in total. The second kappa shape index (κ2) is 6.49. The summed E-state index contributed by atoms with van der Waals surface area (Å²) in [5.41, 5.74) is 0.390. The number of aliphatic carboxylic acids is 1. The van der Waals surface area contributed by atoms with Crippen LogP contribution in [0.5, 0.6) is 0 Å². The molecule has 0 bridgehead atoms. The van der Waals surface area contributed by atoms with Gasteiger partial charge in [-0.05, 0) is 17.7 Å². The molecule has 0 spiro atoms. The molecule has 2 amide bonds. The Hall–Kier alpha value is -2.22. The van der Waals surface area contributed by atoms with Crippen LogP contribution in [0.2, 0.25) is 0 Å². The maximum Gasteiger partial charge on any atom is 0.315 e. The van der Waals surface area contributed by atoms with Gasteiger partial charge in [-0.25, -0.2) is 13.6 Å². The zero-order valence-corrected chi connectivity index (χ0v) is 10.9. The average molecular weight is 300 g/mol. The molecule has 1 aromatic carbocycles. The molecule has 2 atom stereocenters. The molecule has 1 heterocycles. The SMILES string of the molecule is O=C(NCc1ccc(F)c(F)c1)NC1COCC1C(=O)O. The van der Waals surface area contributed by atoms with Gasteiger partial charge >= 0.3 is 12.0 Å². The van der Waals surface area contributed by atoms with Gasteiger partial charge in [0.05, 0.1) is 19.3 Å². The number of amides is 2. The van der Waals surface area contributed by atoms with Gasteiger partial charge in [-0.2, -0.15) is 0 Å². The molecule has 21 heavy (non-hydrogen) atoms. The van der Waals surface area contributed by atoms with Crippen molar-refractivity contribution >= 4 is 12.0 Å². The molecular weight excluding hydrogens is 286 g/mol. The highest BCUT2D eigenvalue weighted by atomic mass is 19.2. The summed E-state index contributed by atoms with van der Waals surface area (Å²) in [4.78, 5) is 22.6. The van der Waals surface area contributed by atoms with Crippen molar-refractivity contribution in [3.8, 4) is 0 Å². The van der Waals surface area contributed by atoms with E-state index in [0.717, 1.165) is 12.1 Å². The molecule has 114 valence electrons. The van der Waals surface area contributed by atoms with Crippen LogP contribution in [0.15, 0.2) is 18.2 Å². The van der Waals surface area contributed by atoms with Crippen LogP contribution in [-0.4, -0.2) is 36.4 Å². The average Bonchev–Trinajstić information content (AvgIpc) is 2.88. The summed E-state index contributed by atoms with van der Waals surface area (Å²) in [6.07, 6.45) is 0. The third kappa shape index (κ3) is 3.88. The van der Waals surface area contributed by atoms with Crippen molar-refractivity contribution in [1.82, 2.24) is 10.6 Å². The molecule has 1 saturated heterocycles. The number of hydrogen-bond donors (Lipinski definition) is 3. The summed E-state index contributed by atoms with van der Waals surface area (Å²) >= 11 is 0. The lowest BCUT2D eigenvalue weighted by molar-refractivity contribution is -0.142. The van der Waals surface area contributed by atoms with Gasteiger partial charge in [0.15, 0.2) is 11.6 Å². The van der Waals surface area contributed by atoms with E-state index in [1.165, 1.54) is 6.07 Å². The smallest absolute Gasteiger partial charge is 0.315 e. The number of carbonyl (C=O) groups is 2. The molecule has 8 heteroatoms. The van der Waals surface area contributed by atoms with Gasteiger partial charge in [0.2, 0.25) is 0 Å². The third-order valence-electron chi connectivity index (χ3n) is 3.15. The van der Waals surface area contributed by atoms with Gasteiger partial charge in [0.25, 0.3) is 0 Å². The van der Waals surface area contributed by atoms with Crippen LogP contribution in [0.3, 0.4) is 0 Å². The van der Waals surface area contributed by atoms with Crippen molar-refractivity contribution in [2.45, 2.75) is 12.6 Å². The number of hydrogen-bond acceptors (Lipinski definition) is 3. The summed E-state index contributed by atoms with van der Waals surface area (Å²) in [6, 6.07) is 2.08. The number of halogens is 2. The van der Waals surface area contributed by atoms with E-state index < -0.39 is 35.6 Å². The Balaban J connectivity index is 1.84. The molecule has 0 aromatic heterocycles. The van der Waals surface area contributed by atoms with E-state index in [2.05, 4.69) is 10.6 Å². The lowest BCUT2D eigenvalue weighted by Gasteiger charge is -2.16. The number of carboxylic acid groups (broad SMARTS) is 1. The van der Waals surface area contributed by atoms with Gasteiger partial charge in [-0.15, -0.1) is 0 Å². The van der Waals surface area contributed by atoms with Crippen LogP contribution in [0.25, 0.3) is 0 Å². The molecule has 0 aliphatic carbocycles. The highest BCUT2D eigenvalue weighted by molar-refractivity contribution is 5.77. The summed E-state index contributed by atoms with van der Waals surface area (Å²) in [5.74, 6) is -3.79. The van der Waals surface area contributed by atoms with Gasteiger partial charge in [0, 0.05) is 6.54 Å². The number of carboxylic acids is 1. The first-order valence-corrected chi connectivity index (χ1v) is 6.26. The quantitative estimate of drug-likeness (QED) is 0.770. The zero-order chi connectivity index (χ0) is 15.4. The number of ether oxygens (including phenoxy) is 1. The van der Waals surface area contributed by atoms with E-state index in [-0.39, 0.29) is 19.8 Å². The monoisotopic (exact) mass is 300 g/mol. The third-order valence-corrected chi connectivity index (χ3v) is 3.15. The highest BCUT2D eigenvalue weighted by Gasteiger charge is 2.34. The van der Waals surface area contributed by atoms with Crippen LogP contribution in [0.1, 0.15) is 5.56 Å². The number of nitrogens with one attached hydrogen (secondary N) is 2. The molecule has 2 rings (SSSR count). The van der Waals surface area contributed by atoms with Crippen molar-refractivity contribution in [3.05, 3.63) is 35.4 Å². The molecule has 6 nitrogen and oxygen atoms in total. The van der Waals surface area contributed by atoms with Gasteiger partial charge in [-0.1, -0.05) is 6.07 Å². The summed E-state index contributed by atoms with van der Waals surface area (Å²) in [7, 11) is 0. The van der Waals surface area contributed by atoms with Crippen LogP contribution in [0.4, 0.5) is 13.6 Å². The molecule has 0 radical (unpaired) electrons. The minimum atomic E-state index is -1.04. The Kier molecular flexibility index (Phi) is 4.69. The van der Waals surface area contributed by atoms with E-state index >= 15 is 0 Å². The largest absolute Gasteiger partial charge is 0.481 e. The minimum Gasteiger partial charge on any atom is -0.481 e. The van der Waals surface area contributed by atoms with Gasteiger partial charge in [-0.3, -0.25) is 4.79 Å². The van der Waals surface area contributed by atoms with Crippen molar-refractivity contribution in [1.29, 1.82) is 0 Å². The Labute approximate surface area is 119 Å². The van der Waals surface area contributed by atoms with E-state index in [4.69, 9.17) is 9.84 Å². The zero-order valence-electron chi connectivity index (χ0n) is 10.9. The van der Waals surface area contributed by atoms with E-state index in [1.807, 2.05) is 0 Å². The minimum absolute atomic E-state index is 0.00561. The molecule has 1 aliphatic rings. The topological polar surface area (TPSA) is 87.7 Å². The van der Waals surface area contributed by atoms with Gasteiger partial charge < -0.3 is 20.5 Å². The molecular formula is C13H14F2N2O4.